The molecule has 5 heteroatoms. The Balaban J connectivity index is 1.82. The molecular weight excluding hydrogens is 325 g/mol. The van der Waals surface area contributed by atoms with Crippen molar-refractivity contribution in [3.05, 3.63) is 95.8 Å². The summed E-state index contributed by atoms with van der Waals surface area (Å²) in [6.45, 7) is 0. The molecular formula is C19H16FNO2S. The molecule has 0 aliphatic heterocycles. The lowest BCUT2D eigenvalue weighted by molar-refractivity contribution is 0.595. The lowest BCUT2D eigenvalue weighted by Gasteiger charge is -2.10. The minimum atomic E-state index is -3.82. The second-order valence-electron chi connectivity index (χ2n) is 5.43. The van der Waals surface area contributed by atoms with Gasteiger partial charge in [0.2, 0.25) is 0 Å². The van der Waals surface area contributed by atoms with Gasteiger partial charge in [-0.25, -0.2) is 12.8 Å². The van der Waals surface area contributed by atoms with Gasteiger partial charge in [0, 0.05) is 5.69 Å². The van der Waals surface area contributed by atoms with Crippen molar-refractivity contribution in [3.63, 3.8) is 0 Å². The van der Waals surface area contributed by atoms with Crippen LogP contribution in [0.2, 0.25) is 0 Å². The van der Waals surface area contributed by atoms with Gasteiger partial charge in [-0.3, -0.25) is 4.72 Å². The van der Waals surface area contributed by atoms with E-state index in [0.717, 1.165) is 17.2 Å². The number of halogens is 1. The average Bonchev–Trinajstić information content (AvgIpc) is 2.56. The van der Waals surface area contributed by atoms with Gasteiger partial charge in [-0.2, -0.15) is 0 Å². The molecule has 0 spiro atoms. The first kappa shape index (κ1) is 16.2. The standard InChI is InChI=1S/C19H16FNO2S/c20-17-9-5-11-19(14-17)24(22,23)21-18-10-4-8-16(13-18)12-15-6-2-1-3-7-15/h1-11,13-14,21H,12H2. The van der Waals surface area contributed by atoms with Gasteiger partial charge in [-0.05, 0) is 47.9 Å². The van der Waals surface area contributed by atoms with Gasteiger partial charge in [0.05, 0.1) is 4.90 Å². The molecule has 3 nitrogen and oxygen atoms in total. The predicted octanol–water partition coefficient (Wildman–Crippen LogP) is 4.22. The molecule has 0 saturated carbocycles. The predicted molar refractivity (Wildman–Crippen MR) is 92.9 cm³/mol. The number of hydrogen-bond donors (Lipinski definition) is 1. The molecule has 3 rings (SSSR count). The highest BCUT2D eigenvalue weighted by Gasteiger charge is 2.14. The SMILES string of the molecule is O=S(=O)(Nc1cccc(Cc2ccccc2)c1)c1cccc(F)c1. The normalized spacial score (nSPS) is 11.2. The smallest absolute Gasteiger partial charge is 0.261 e. The molecule has 0 amide bonds. The van der Waals surface area contributed by atoms with E-state index in [-0.39, 0.29) is 4.90 Å². The van der Waals surface area contributed by atoms with Crippen molar-refractivity contribution >= 4 is 15.7 Å². The Morgan fingerprint density at radius 3 is 2.25 bits per heavy atom. The fraction of sp³-hybridized carbons (Fsp3) is 0.0526. The van der Waals surface area contributed by atoms with Crippen LogP contribution in [0.4, 0.5) is 10.1 Å². The molecule has 3 aromatic carbocycles. The highest BCUT2D eigenvalue weighted by atomic mass is 32.2. The molecule has 3 aromatic rings. The lowest BCUT2D eigenvalue weighted by atomic mass is 10.0. The number of sulfonamides is 1. The molecule has 0 heterocycles. The van der Waals surface area contributed by atoms with Gasteiger partial charge in [0.1, 0.15) is 5.82 Å². The van der Waals surface area contributed by atoms with Crippen molar-refractivity contribution in [2.75, 3.05) is 4.72 Å². The molecule has 0 radical (unpaired) electrons. The molecule has 0 aliphatic carbocycles. The summed E-state index contributed by atoms with van der Waals surface area (Å²) < 4.78 is 40.4. The van der Waals surface area contributed by atoms with Crippen LogP contribution in [-0.4, -0.2) is 8.42 Å². The molecule has 0 bridgehead atoms. The molecule has 1 N–H and O–H groups in total. The fourth-order valence-corrected chi connectivity index (χ4v) is 3.51. The third-order valence-corrected chi connectivity index (χ3v) is 4.92. The molecule has 122 valence electrons. The van der Waals surface area contributed by atoms with Crippen molar-refractivity contribution in [3.8, 4) is 0 Å². The van der Waals surface area contributed by atoms with Crippen LogP contribution < -0.4 is 4.72 Å². The number of hydrogen-bond acceptors (Lipinski definition) is 2. The molecule has 24 heavy (non-hydrogen) atoms. The molecule has 0 fully saturated rings. The van der Waals surface area contributed by atoms with Crippen LogP contribution >= 0.6 is 0 Å². The summed E-state index contributed by atoms with van der Waals surface area (Å²) in [5.74, 6) is -0.587. The van der Waals surface area contributed by atoms with Gasteiger partial charge < -0.3 is 0 Å². The maximum atomic E-state index is 13.3. The van der Waals surface area contributed by atoms with E-state index in [9.17, 15) is 12.8 Å². The quantitative estimate of drug-likeness (QED) is 0.755. The third-order valence-electron chi connectivity index (χ3n) is 3.54. The Bertz CT molecular complexity index is 940. The van der Waals surface area contributed by atoms with Gasteiger partial charge in [0.25, 0.3) is 10.0 Å². The maximum Gasteiger partial charge on any atom is 0.261 e. The summed E-state index contributed by atoms with van der Waals surface area (Å²) in [6, 6.07) is 22.0. The summed E-state index contributed by atoms with van der Waals surface area (Å²) in [6.07, 6.45) is 0.705. The van der Waals surface area contributed by atoms with Crippen LogP contribution in [0.3, 0.4) is 0 Å². The van der Waals surface area contributed by atoms with E-state index in [1.165, 1.54) is 18.2 Å². The Morgan fingerprint density at radius 2 is 1.50 bits per heavy atom. The maximum absolute atomic E-state index is 13.3. The first-order chi connectivity index (χ1) is 11.5. The van der Waals surface area contributed by atoms with E-state index in [4.69, 9.17) is 0 Å². The first-order valence-corrected chi connectivity index (χ1v) is 8.92. The molecule has 0 atom stereocenters. The van der Waals surface area contributed by atoms with Crippen molar-refractivity contribution in [2.45, 2.75) is 11.3 Å². The van der Waals surface area contributed by atoms with Crippen LogP contribution in [0.15, 0.2) is 83.8 Å². The fourth-order valence-electron chi connectivity index (χ4n) is 2.42. The van der Waals surface area contributed by atoms with E-state index in [1.807, 2.05) is 36.4 Å². The number of anilines is 1. The van der Waals surface area contributed by atoms with Gasteiger partial charge in [-0.15, -0.1) is 0 Å². The topological polar surface area (TPSA) is 46.2 Å². The number of benzene rings is 3. The zero-order valence-electron chi connectivity index (χ0n) is 12.8. The Kier molecular flexibility index (Phi) is 4.62. The second kappa shape index (κ2) is 6.84. The van der Waals surface area contributed by atoms with Crippen LogP contribution in [0.25, 0.3) is 0 Å². The van der Waals surface area contributed by atoms with E-state index in [2.05, 4.69) is 4.72 Å². The largest absolute Gasteiger partial charge is 0.280 e. The van der Waals surface area contributed by atoms with Gasteiger partial charge in [0.15, 0.2) is 0 Å². The minimum absolute atomic E-state index is 0.101. The Hall–Kier alpha value is -2.66. The van der Waals surface area contributed by atoms with Crippen LogP contribution in [0.5, 0.6) is 0 Å². The van der Waals surface area contributed by atoms with E-state index in [1.54, 1.807) is 18.2 Å². The zero-order valence-corrected chi connectivity index (χ0v) is 13.6. The Morgan fingerprint density at radius 1 is 0.792 bits per heavy atom. The number of rotatable bonds is 5. The van der Waals surface area contributed by atoms with Crippen molar-refractivity contribution in [2.24, 2.45) is 0 Å². The molecule has 0 saturated heterocycles. The summed E-state index contributed by atoms with van der Waals surface area (Å²) >= 11 is 0. The summed E-state index contributed by atoms with van der Waals surface area (Å²) in [7, 11) is -3.82. The van der Waals surface area contributed by atoms with E-state index >= 15 is 0 Å². The van der Waals surface area contributed by atoms with Crippen LogP contribution in [0.1, 0.15) is 11.1 Å². The summed E-state index contributed by atoms with van der Waals surface area (Å²) in [4.78, 5) is -0.101. The van der Waals surface area contributed by atoms with E-state index < -0.39 is 15.8 Å². The number of nitrogens with one attached hydrogen (secondary N) is 1. The average molecular weight is 341 g/mol. The summed E-state index contributed by atoms with van der Waals surface area (Å²) in [5, 5.41) is 0. The van der Waals surface area contributed by atoms with E-state index in [0.29, 0.717) is 12.1 Å². The van der Waals surface area contributed by atoms with Crippen molar-refractivity contribution < 1.29 is 12.8 Å². The lowest BCUT2D eigenvalue weighted by Crippen LogP contribution is -2.13. The first-order valence-electron chi connectivity index (χ1n) is 7.44. The molecule has 0 aliphatic rings. The highest BCUT2D eigenvalue weighted by Crippen LogP contribution is 2.19. The van der Waals surface area contributed by atoms with Crippen LogP contribution in [-0.2, 0) is 16.4 Å². The van der Waals surface area contributed by atoms with Crippen molar-refractivity contribution in [1.82, 2.24) is 0 Å². The second-order valence-corrected chi connectivity index (χ2v) is 7.11. The van der Waals surface area contributed by atoms with Gasteiger partial charge in [-0.1, -0.05) is 48.5 Å². The third kappa shape index (κ3) is 4.00. The Labute approximate surface area is 140 Å². The monoisotopic (exact) mass is 341 g/mol. The van der Waals surface area contributed by atoms with Crippen LogP contribution in [0, 0.1) is 5.82 Å². The minimum Gasteiger partial charge on any atom is -0.280 e. The van der Waals surface area contributed by atoms with Crippen molar-refractivity contribution in [1.29, 1.82) is 0 Å². The van der Waals surface area contributed by atoms with Gasteiger partial charge >= 0.3 is 0 Å². The summed E-state index contributed by atoms with van der Waals surface area (Å²) in [5.41, 5.74) is 2.58. The zero-order chi connectivity index (χ0) is 17.0. The molecule has 0 unspecified atom stereocenters. The highest BCUT2D eigenvalue weighted by molar-refractivity contribution is 7.92. The molecule has 0 aromatic heterocycles.